The number of carboxylic acids is 1. The number of nitro groups is 1. The molecule has 5 nitrogen and oxygen atoms in total. The number of halogens is 3. The van der Waals surface area contributed by atoms with Gasteiger partial charge in [-0.3, -0.25) is 14.9 Å². The van der Waals surface area contributed by atoms with Gasteiger partial charge in [-0.05, 0) is 26.0 Å². The van der Waals surface area contributed by atoms with Gasteiger partial charge < -0.3 is 5.11 Å². The Morgan fingerprint density at radius 2 is 1.90 bits per heavy atom. The molecule has 1 rings (SSSR count). The molecule has 110 valence electrons. The maximum absolute atomic E-state index is 12.5. The highest BCUT2D eigenvalue weighted by Gasteiger charge is 2.35. The third kappa shape index (κ3) is 3.62. The average Bonchev–Trinajstić information content (AvgIpc) is 2.26. The number of nitrogens with zero attached hydrogens (tertiary/aromatic N) is 1. The van der Waals surface area contributed by atoms with Gasteiger partial charge >= 0.3 is 12.1 Å². The van der Waals surface area contributed by atoms with Gasteiger partial charge in [0.1, 0.15) is 4.75 Å². The zero-order valence-corrected chi connectivity index (χ0v) is 11.2. The van der Waals surface area contributed by atoms with Gasteiger partial charge in [-0.2, -0.15) is 13.2 Å². The SMILES string of the molecule is CC(C)(Sc1ccc(C(F)(F)F)cc1[N+](=O)[O-])C(=O)O. The van der Waals surface area contributed by atoms with E-state index in [0.717, 1.165) is 6.07 Å². The first-order valence-electron chi connectivity index (χ1n) is 5.23. The van der Waals surface area contributed by atoms with Crippen LogP contribution in [0.1, 0.15) is 19.4 Å². The van der Waals surface area contributed by atoms with E-state index in [1.165, 1.54) is 13.8 Å². The molecule has 0 unspecified atom stereocenters. The molecule has 1 aromatic rings. The summed E-state index contributed by atoms with van der Waals surface area (Å²) in [4.78, 5) is 20.7. The molecule has 20 heavy (non-hydrogen) atoms. The van der Waals surface area contributed by atoms with Gasteiger partial charge in [-0.1, -0.05) is 0 Å². The molecule has 1 aromatic carbocycles. The van der Waals surface area contributed by atoms with Gasteiger partial charge in [0.15, 0.2) is 0 Å². The summed E-state index contributed by atoms with van der Waals surface area (Å²) in [6.07, 6.45) is -4.70. The Labute approximate surface area is 115 Å². The first-order chi connectivity index (χ1) is 8.95. The highest BCUT2D eigenvalue weighted by molar-refractivity contribution is 8.01. The Bertz CT molecular complexity index is 557. The maximum atomic E-state index is 12.5. The molecule has 0 aromatic heterocycles. The third-order valence-corrected chi connectivity index (χ3v) is 3.61. The Morgan fingerprint density at radius 3 is 2.30 bits per heavy atom. The van der Waals surface area contributed by atoms with Gasteiger partial charge in [-0.15, -0.1) is 11.8 Å². The zero-order valence-electron chi connectivity index (χ0n) is 10.4. The second-order valence-electron chi connectivity index (χ2n) is 4.35. The van der Waals surface area contributed by atoms with Crippen LogP contribution in [0.5, 0.6) is 0 Å². The van der Waals surface area contributed by atoms with Crippen LogP contribution in [-0.2, 0) is 11.0 Å². The van der Waals surface area contributed by atoms with Gasteiger partial charge in [0.25, 0.3) is 5.69 Å². The van der Waals surface area contributed by atoms with E-state index in [0.29, 0.717) is 23.9 Å². The van der Waals surface area contributed by atoms with E-state index in [9.17, 15) is 28.1 Å². The number of carbonyl (C=O) groups is 1. The molecule has 0 fully saturated rings. The molecule has 0 saturated heterocycles. The monoisotopic (exact) mass is 309 g/mol. The van der Waals surface area contributed by atoms with Crippen LogP contribution in [0.4, 0.5) is 18.9 Å². The van der Waals surface area contributed by atoms with E-state index < -0.39 is 33.1 Å². The van der Waals surface area contributed by atoms with Crippen molar-refractivity contribution in [3.05, 3.63) is 33.9 Å². The maximum Gasteiger partial charge on any atom is 0.416 e. The number of benzene rings is 1. The predicted molar refractivity (Wildman–Crippen MR) is 65.7 cm³/mol. The third-order valence-electron chi connectivity index (χ3n) is 2.36. The van der Waals surface area contributed by atoms with Crippen LogP contribution in [0.2, 0.25) is 0 Å². The van der Waals surface area contributed by atoms with Crippen molar-refractivity contribution in [2.75, 3.05) is 0 Å². The first kappa shape index (κ1) is 16.3. The summed E-state index contributed by atoms with van der Waals surface area (Å²) >= 11 is 0.620. The van der Waals surface area contributed by atoms with E-state index in [2.05, 4.69) is 0 Å². The van der Waals surface area contributed by atoms with Crippen molar-refractivity contribution in [1.82, 2.24) is 0 Å². The number of thioether (sulfide) groups is 1. The quantitative estimate of drug-likeness (QED) is 0.522. The topological polar surface area (TPSA) is 80.4 Å². The number of nitro benzene ring substituents is 1. The molecule has 9 heteroatoms. The highest BCUT2D eigenvalue weighted by atomic mass is 32.2. The number of aliphatic carboxylic acids is 1. The van der Waals surface area contributed by atoms with Gasteiger partial charge in [0, 0.05) is 6.07 Å². The molecule has 0 spiro atoms. The summed E-state index contributed by atoms with van der Waals surface area (Å²) in [5, 5.41) is 19.8. The minimum Gasteiger partial charge on any atom is -0.480 e. The molecule has 0 bridgehead atoms. The van der Waals surface area contributed by atoms with Crippen molar-refractivity contribution < 1.29 is 28.0 Å². The minimum atomic E-state index is -4.70. The minimum absolute atomic E-state index is 0.129. The fourth-order valence-corrected chi connectivity index (χ4v) is 2.25. The lowest BCUT2D eigenvalue weighted by Crippen LogP contribution is -2.27. The van der Waals surface area contributed by atoms with Gasteiger partial charge in [0.2, 0.25) is 0 Å². The normalized spacial score (nSPS) is 12.2. The second-order valence-corrected chi connectivity index (χ2v) is 6.02. The van der Waals surface area contributed by atoms with Crippen LogP contribution in [0.15, 0.2) is 23.1 Å². The van der Waals surface area contributed by atoms with Crippen molar-refractivity contribution in [2.45, 2.75) is 29.7 Å². The summed E-state index contributed by atoms with van der Waals surface area (Å²) in [5.74, 6) is -1.23. The molecule has 0 aliphatic rings. The van der Waals surface area contributed by atoms with Crippen molar-refractivity contribution in [2.24, 2.45) is 0 Å². The van der Waals surface area contributed by atoms with Gasteiger partial charge in [-0.25, -0.2) is 0 Å². The van der Waals surface area contributed by atoms with E-state index in [4.69, 9.17) is 5.11 Å². The van der Waals surface area contributed by atoms with Crippen molar-refractivity contribution in [3.63, 3.8) is 0 Å². The lowest BCUT2D eigenvalue weighted by molar-refractivity contribution is -0.388. The average molecular weight is 309 g/mol. The first-order valence-corrected chi connectivity index (χ1v) is 6.05. The molecule has 0 amide bonds. The fourth-order valence-electron chi connectivity index (χ4n) is 1.24. The summed E-state index contributed by atoms with van der Waals surface area (Å²) in [6.45, 7) is 2.61. The van der Waals surface area contributed by atoms with E-state index >= 15 is 0 Å². The number of alkyl halides is 3. The summed E-state index contributed by atoms with van der Waals surface area (Å²) in [6, 6.07) is 2.00. The van der Waals surface area contributed by atoms with E-state index in [1.807, 2.05) is 0 Å². The van der Waals surface area contributed by atoms with Crippen LogP contribution in [0.3, 0.4) is 0 Å². The zero-order chi connectivity index (χ0) is 15.7. The highest BCUT2D eigenvalue weighted by Crippen LogP contribution is 2.41. The predicted octanol–water partition coefficient (Wildman–Crippen LogP) is 3.57. The summed E-state index contributed by atoms with van der Waals surface area (Å²) < 4.78 is 36.1. The van der Waals surface area contributed by atoms with Crippen LogP contribution >= 0.6 is 11.8 Å². The van der Waals surface area contributed by atoms with Crippen LogP contribution in [0.25, 0.3) is 0 Å². The van der Waals surface area contributed by atoms with Gasteiger partial charge in [0.05, 0.1) is 15.4 Å². The standard InChI is InChI=1S/C11H10F3NO4S/c1-10(2,9(16)17)20-8-4-3-6(11(12,13)14)5-7(8)15(18)19/h3-5H,1-2H3,(H,16,17). The lowest BCUT2D eigenvalue weighted by Gasteiger charge is -2.18. The molecule has 0 saturated carbocycles. The Hall–Kier alpha value is -1.77. The molecular formula is C11H10F3NO4S. The second kappa shape index (κ2) is 5.31. The molecule has 0 aliphatic heterocycles. The fraction of sp³-hybridized carbons (Fsp3) is 0.364. The molecular weight excluding hydrogens is 299 g/mol. The van der Waals surface area contributed by atoms with E-state index in [-0.39, 0.29) is 4.90 Å². The molecule has 0 heterocycles. The van der Waals surface area contributed by atoms with Crippen molar-refractivity contribution in [1.29, 1.82) is 0 Å². The summed E-state index contributed by atoms with van der Waals surface area (Å²) in [5.41, 5.74) is -1.92. The summed E-state index contributed by atoms with van der Waals surface area (Å²) in [7, 11) is 0. The largest absolute Gasteiger partial charge is 0.480 e. The molecule has 0 aliphatic carbocycles. The number of carboxylic acid groups (broad SMARTS) is 1. The molecule has 1 N–H and O–H groups in total. The Balaban J connectivity index is 3.28. The Morgan fingerprint density at radius 1 is 1.35 bits per heavy atom. The van der Waals surface area contributed by atoms with Crippen LogP contribution in [0, 0.1) is 10.1 Å². The van der Waals surface area contributed by atoms with Crippen LogP contribution < -0.4 is 0 Å². The number of rotatable bonds is 4. The number of hydrogen-bond donors (Lipinski definition) is 1. The van der Waals surface area contributed by atoms with Crippen molar-refractivity contribution in [3.8, 4) is 0 Å². The Kier molecular flexibility index (Phi) is 4.33. The smallest absolute Gasteiger partial charge is 0.416 e. The molecule has 0 radical (unpaired) electrons. The van der Waals surface area contributed by atoms with Crippen molar-refractivity contribution >= 4 is 23.4 Å². The molecule has 0 atom stereocenters. The van der Waals surface area contributed by atoms with E-state index in [1.54, 1.807) is 0 Å². The van der Waals surface area contributed by atoms with Crippen LogP contribution in [-0.4, -0.2) is 20.7 Å². The lowest BCUT2D eigenvalue weighted by atomic mass is 10.2. The number of hydrogen-bond acceptors (Lipinski definition) is 4.